The van der Waals surface area contributed by atoms with Crippen molar-refractivity contribution < 1.29 is 9.90 Å². The molecule has 0 spiro atoms. The van der Waals surface area contributed by atoms with Crippen molar-refractivity contribution in [3.8, 4) is 0 Å². The molecule has 4 heteroatoms. The Hall–Kier alpha value is -2.33. The van der Waals surface area contributed by atoms with Crippen LogP contribution in [0.4, 0.5) is 0 Å². The number of aliphatic hydroxyl groups is 1. The molecule has 2 heterocycles. The maximum absolute atomic E-state index is 12.7. The van der Waals surface area contributed by atoms with Gasteiger partial charge in [-0.25, -0.2) is 0 Å². The number of aliphatic hydroxyl groups excluding tert-OH is 1. The molecule has 112 valence electrons. The SMILES string of the molecule is O=C(c1cc2c(ccc3ccccc32)[nH]1)N1CCC[C@@H]1CO. The van der Waals surface area contributed by atoms with Crippen LogP contribution in [0.25, 0.3) is 21.7 Å². The van der Waals surface area contributed by atoms with Gasteiger partial charge in [0, 0.05) is 17.4 Å². The molecule has 2 N–H and O–H groups in total. The van der Waals surface area contributed by atoms with Gasteiger partial charge in [0.15, 0.2) is 0 Å². The lowest BCUT2D eigenvalue weighted by molar-refractivity contribution is 0.0672. The summed E-state index contributed by atoms with van der Waals surface area (Å²) < 4.78 is 0. The molecule has 3 aromatic rings. The number of carbonyl (C=O) groups is 1. The number of nitrogens with zero attached hydrogens (tertiary/aromatic N) is 1. The molecule has 1 amide bonds. The van der Waals surface area contributed by atoms with Gasteiger partial charge in [-0.05, 0) is 35.7 Å². The molecule has 1 fully saturated rings. The maximum atomic E-state index is 12.7. The first kappa shape index (κ1) is 13.3. The zero-order chi connectivity index (χ0) is 15.1. The van der Waals surface area contributed by atoms with Crippen molar-refractivity contribution in [2.24, 2.45) is 0 Å². The van der Waals surface area contributed by atoms with Crippen LogP contribution in [0, 0.1) is 0 Å². The van der Waals surface area contributed by atoms with Gasteiger partial charge in [0.25, 0.3) is 5.91 Å². The summed E-state index contributed by atoms with van der Waals surface area (Å²) in [6.07, 6.45) is 1.84. The van der Waals surface area contributed by atoms with E-state index in [1.54, 1.807) is 4.90 Å². The Balaban J connectivity index is 1.79. The first-order valence-electron chi connectivity index (χ1n) is 7.70. The second-order valence-corrected chi connectivity index (χ2v) is 5.91. The number of carbonyl (C=O) groups excluding carboxylic acids is 1. The van der Waals surface area contributed by atoms with E-state index < -0.39 is 0 Å². The third-order valence-electron chi connectivity index (χ3n) is 4.61. The first-order valence-corrected chi connectivity index (χ1v) is 7.70. The smallest absolute Gasteiger partial charge is 0.270 e. The van der Waals surface area contributed by atoms with Gasteiger partial charge in [-0.3, -0.25) is 4.79 Å². The Morgan fingerprint density at radius 3 is 2.95 bits per heavy atom. The Labute approximate surface area is 128 Å². The molecule has 0 radical (unpaired) electrons. The van der Waals surface area contributed by atoms with Crippen molar-refractivity contribution in [1.82, 2.24) is 9.88 Å². The van der Waals surface area contributed by atoms with Gasteiger partial charge >= 0.3 is 0 Å². The fraction of sp³-hybridized carbons (Fsp3) is 0.278. The highest BCUT2D eigenvalue weighted by molar-refractivity contribution is 6.09. The summed E-state index contributed by atoms with van der Waals surface area (Å²) in [5.74, 6) is -0.0168. The molecule has 0 aliphatic carbocycles. The van der Waals surface area contributed by atoms with Gasteiger partial charge < -0.3 is 15.0 Å². The molecular weight excluding hydrogens is 276 g/mol. The largest absolute Gasteiger partial charge is 0.394 e. The second-order valence-electron chi connectivity index (χ2n) is 5.91. The standard InChI is InChI=1S/C18H18N2O2/c21-11-13-5-3-9-20(13)18(22)17-10-15-14-6-2-1-4-12(14)7-8-16(15)19-17/h1-2,4,6-8,10,13,19,21H,3,5,9,11H2/t13-/m1/s1. The Bertz CT molecular complexity index is 853. The normalized spacial score (nSPS) is 18.4. The molecule has 0 saturated carbocycles. The molecule has 22 heavy (non-hydrogen) atoms. The predicted octanol–water partition coefficient (Wildman–Crippen LogP) is 2.92. The third-order valence-corrected chi connectivity index (χ3v) is 4.61. The van der Waals surface area contributed by atoms with Crippen molar-refractivity contribution in [2.45, 2.75) is 18.9 Å². The Kier molecular flexibility index (Phi) is 3.12. The van der Waals surface area contributed by atoms with Gasteiger partial charge in [-0.15, -0.1) is 0 Å². The second kappa shape index (κ2) is 5.14. The molecule has 1 atom stereocenters. The molecule has 0 unspecified atom stereocenters. The number of rotatable bonds is 2. The lowest BCUT2D eigenvalue weighted by Crippen LogP contribution is -2.37. The van der Waals surface area contributed by atoms with E-state index >= 15 is 0 Å². The molecule has 4 rings (SSSR count). The molecule has 1 aliphatic heterocycles. The van der Waals surface area contributed by atoms with Gasteiger partial charge in [-0.1, -0.05) is 30.3 Å². The monoisotopic (exact) mass is 294 g/mol. The van der Waals surface area contributed by atoms with E-state index in [4.69, 9.17) is 0 Å². The van der Waals surface area contributed by atoms with Crippen LogP contribution in [0.3, 0.4) is 0 Å². The topological polar surface area (TPSA) is 56.3 Å². The van der Waals surface area contributed by atoms with Crippen LogP contribution in [-0.4, -0.2) is 40.1 Å². The van der Waals surface area contributed by atoms with Gasteiger partial charge in [0.05, 0.1) is 12.6 Å². The fourth-order valence-corrected chi connectivity index (χ4v) is 3.45. The summed E-state index contributed by atoms with van der Waals surface area (Å²) in [4.78, 5) is 17.7. The number of nitrogens with one attached hydrogen (secondary N) is 1. The van der Waals surface area contributed by atoms with Crippen molar-refractivity contribution in [3.05, 3.63) is 48.2 Å². The summed E-state index contributed by atoms with van der Waals surface area (Å²) in [5.41, 5.74) is 1.58. The Morgan fingerprint density at radius 2 is 2.09 bits per heavy atom. The fourth-order valence-electron chi connectivity index (χ4n) is 3.45. The quantitative estimate of drug-likeness (QED) is 0.763. The lowest BCUT2D eigenvalue weighted by atomic mass is 10.1. The highest BCUT2D eigenvalue weighted by Crippen LogP contribution is 2.27. The summed E-state index contributed by atoms with van der Waals surface area (Å²) in [5, 5.41) is 12.8. The van der Waals surface area contributed by atoms with E-state index in [0.29, 0.717) is 5.69 Å². The van der Waals surface area contributed by atoms with Gasteiger partial charge in [0.1, 0.15) is 5.69 Å². The lowest BCUT2D eigenvalue weighted by Gasteiger charge is -2.22. The van der Waals surface area contributed by atoms with E-state index in [1.807, 2.05) is 24.3 Å². The minimum Gasteiger partial charge on any atom is -0.394 e. The van der Waals surface area contributed by atoms with E-state index in [0.717, 1.165) is 35.7 Å². The molecule has 1 aliphatic rings. The average molecular weight is 294 g/mol. The predicted molar refractivity (Wildman–Crippen MR) is 86.9 cm³/mol. The highest BCUT2D eigenvalue weighted by atomic mass is 16.3. The molecule has 4 nitrogen and oxygen atoms in total. The minimum absolute atomic E-state index is 0.0168. The van der Waals surface area contributed by atoms with Crippen LogP contribution < -0.4 is 0 Å². The van der Waals surface area contributed by atoms with Crippen molar-refractivity contribution in [2.75, 3.05) is 13.2 Å². The van der Waals surface area contributed by atoms with E-state index in [1.165, 1.54) is 5.39 Å². The summed E-state index contributed by atoms with van der Waals surface area (Å²) >= 11 is 0. The summed E-state index contributed by atoms with van der Waals surface area (Å²) in [6, 6.07) is 14.2. The van der Waals surface area contributed by atoms with Crippen LogP contribution in [0.1, 0.15) is 23.3 Å². The third kappa shape index (κ3) is 1.99. The number of aromatic nitrogens is 1. The van der Waals surface area contributed by atoms with Crippen LogP contribution in [0.15, 0.2) is 42.5 Å². The van der Waals surface area contributed by atoms with Crippen LogP contribution in [0.5, 0.6) is 0 Å². The number of hydrogen-bond acceptors (Lipinski definition) is 2. The van der Waals surface area contributed by atoms with Crippen LogP contribution in [-0.2, 0) is 0 Å². The zero-order valence-electron chi connectivity index (χ0n) is 12.2. The number of H-pyrrole nitrogens is 1. The molecule has 1 aromatic heterocycles. The number of fused-ring (bicyclic) bond motifs is 3. The van der Waals surface area contributed by atoms with Crippen molar-refractivity contribution >= 4 is 27.6 Å². The summed E-state index contributed by atoms with van der Waals surface area (Å²) in [7, 11) is 0. The molecule has 2 aromatic carbocycles. The average Bonchev–Trinajstić information content (AvgIpc) is 3.20. The number of benzene rings is 2. The zero-order valence-corrected chi connectivity index (χ0v) is 12.2. The van der Waals surface area contributed by atoms with Crippen molar-refractivity contribution in [3.63, 3.8) is 0 Å². The van der Waals surface area contributed by atoms with E-state index in [-0.39, 0.29) is 18.6 Å². The minimum atomic E-state index is -0.0457. The Morgan fingerprint density at radius 1 is 1.23 bits per heavy atom. The molecule has 0 bridgehead atoms. The maximum Gasteiger partial charge on any atom is 0.270 e. The van der Waals surface area contributed by atoms with Crippen molar-refractivity contribution in [1.29, 1.82) is 0 Å². The van der Waals surface area contributed by atoms with E-state index in [9.17, 15) is 9.90 Å². The number of amides is 1. The number of aromatic amines is 1. The molecular formula is C18H18N2O2. The summed E-state index contributed by atoms with van der Waals surface area (Å²) in [6.45, 7) is 0.759. The number of hydrogen-bond donors (Lipinski definition) is 2. The van der Waals surface area contributed by atoms with Gasteiger partial charge in [-0.2, -0.15) is 0 Å². The molecule has 1 saturated heterocycles. The first-order chi connectivity index (χ1) is 10.8. The highest BCUT2D eigenvalue weighted by Gasteiger charge is 2.29. The number of likely N-dealkylation sites (tertiary alicyclic amines) is 1. The van der Waals surface area contributed by atoms with Gasteiger partial charge in [0.2, 0.25) is 0 Å². The van der Waals surface area contributed by atoms with Crippen LogP contribution in [0.2, 0.25) is 0 Å². The van der Waals surface area contributed by atoms with Crippen LogP contribution >= 0.6 is 0 Å². The van der Waals surface area contributed by atoms with E-state index in [2.05, 4.69) is 23.2 Å².